The number of nitrogen functional groups attached to an aromatic ring is 2. The van der Waals surface area contributed by atoms with Crippen LogP contribution in [-0.2, 0) is 101 Å². The zero-order valence-electron chi connectivity index (χ0n) is 47.3. The highest BCUT2D eigenvalue weighted by atomic mass is 32.7. The molecule has 21 atom stereocenters. The summed E-state index contributed by atoms with van der Waals surface area (Å²) in [4.78, 5) is 122. The van der Waals surface area contributed by atoms with Crippen LogP contribution in [0.2, 0.25) is 0 Å². The van der Waals surface area contributed by atoms with Crippen LogP contribution in [0.25, 0.3) is 22.3 Å². The first-order chi connectivity index (χ1) is 42.0. The summed E-state index contributed by atoms with van der Waals surface area (Å²) in [6.45, 7) is -7.69. The van der Waals surface area contributed by atoms with Crippen molar-refractivity contribution in [2.75, 3.05) is 31.3 Å². The lowest BCUT2D eigenvalue weighted by atomic mass is 9.94. The largest absolute Gasteiger partial charge is 0.780 e. The molecule has 6 aromatic heterocycles. The Morgan fingerprint density at radius 3 is 1.82 bits per heavy atom. The molecule has 0 saturated carbocycles. The lowest BCUT2D eigenvalue weighted by Gasteiger charge is -2.42. The van der Waals surface area contributed by atoms with Gasteiger partial charge in [0.05, 0.1) is 63.0 Å². The molecule has 13 rings (SSSR count). The molecule has 6 bridgehead atoms. The third-order valence-corrected chi connectivity index (χ3v) is 21.9. The number of hydrogen-bond donors (Lipinski definition) is 6. The molecule has 13 heterocycles. The van der Waals surface area contributed by atoms with E-state index in [2.05, 4.69) is 39.9 Å². The summed E-state index contributed by atoms with van der Waals surface area (Å²) in [5, 5.41) is 11.7. The van der Waals surface area contributed by atoms with E-state index < -0.39 is 177 Å². The Kier molecular flexibility index (Phi) is 15.8. The SMILES string of the molecule is CC[C@H]1O[C@@H](n2cnc3c(=O)[nH]c(N)nc32)CC1OP([O-])(=S)OC[C@]12O[C@@H](n3cc(C)c(=O)[nH]c3=O)[C@@H](O[C@H]1C)C2OP(=O)([S-])OC[C@]12O[C@@H](n3cc(C)c(=O)[nH]c3=O)[C@@H](O[C@H]1C)C2OP([O-])(=S)OC[C@]12O[C@@H](n3cnc4c(N)ncnc43)[C@@H](O[C@H]1C)C2O. The summed E-state index contributed by atoms with van der Waals surface area (Å²) in [5.41, 5.74) is 2.90. The van der Waals surface area contributed by atoms with Gasteiger partial charge in [-0.3, -0.25) is 52.2 Å². The number of aromatic amines is 3. The van der Waals surface area contributed by atoms with Crippen molar-refractivity contribution in [2.24, 2.45) is 0 Å². The lowest BCUT2D eigenvalue weighted by Crippen LogP contribution is -2.52. The molecule has 0 aromatic carbocycles. The first-order valence-corrected chi connectivity index (χ1v) is 35.2. The third kappa shape index (κ3) is 10.5. The van der Waals surface area contributed by atoms with E-state index in [1.54, 1.807) is 13.8 Å². The van der Waals surface area contributed by atoms with Gasteiger partial charge in [0.1, 0.15) is 84.9 Å². The maximum atomic E-state index is 15.0. The Labute approximate surface area is 514 Å². The minimum absolute atomic E-state index is 0.0102. The van der Waals surface area contributed by atoms with Gasteiger partial charge < -0.3 is 98.9 Å². The van der Waals surface area contributed by atoms with Crippen LogP contribution in [0.1, 0.15) is 76.6 Å². The molecule has 8 N–H and O–H groups in total. The average Bonchev–Trinajstić information content (AvgIpc) is 1.57. The van der Waals surface area contributed by atoms with E-state index in [1.807, 2.05) is 0 Å². The summed E-state index contributed by atoms with van der Waals surface area (Å²) in [6.07, 6.45) is -11.7. The molecular formula is C47H56N14O22P3S3-3. The second-order valence-electron chi connectivity index (χ2n) is 22.5. The Balaban J connectivity index is 0.764. The molecule has 7 aliphatic rings. The fraction of sp³-hybridized carbons (Fsp3) is 0.617. The molecule has 0 radical (unpaired) electrons. The zero-order valence-corrected chi connectivity index (χ0v) is 52.5. The normalized spacial score (nSPS) is 36.6. The number of aryl methyl sites for hydroxylation is 2. The van der Waals surface area contributed by atoms with Gasteiger partial charge >= 0.3 is 11.4 Å². The van der Waals surface area contributed by atoms with E-state index >= 15 is 4.57 Å². The second-order valence-corrected chi connectivity index (χ2v) is 30.6. The number of aromatic nitrogens is 12. The predicted octanol–water partition coefficient (Wildman–Crippen LogP) is -1.91. The molecule has 482 valence electrons. The molecule has 0 aliphatic carbocycles. The Morgan fingerprint density at radius 1 is 0.685 bits per heavy atom. The molecule has 0 spiro atoms. The van der Waals surface area contributed by atoms with Gasteiger partial charge in [0.15, 0.2) is 48.1 Å². The average molecular weight is 1360 g/mol. The third-order valence-electron chi connectivity index (χ3n) is 17.3. The second kappa shape index (κ2) is 22.4. The number of nitrogens with two attached hydrogens (primary N) is 2. The van der Waals surface area contributed by atoms with Gasteiger partial charge in [-0.15, -0.1) is 0 Å². The van der Waals surface area contributed by atoms with Gasteiger partial charge in [0, 0.05) is 29.9 Å². The smallest absolute Gasteiger partial charge is 0.330 e. The fourth-order valence-electron chi connectivity index (χ4n) is 12.7. The Bertz CT molecular complexity index is 4310. The highest BCUT2D eigenvalue weighted by Crippen LogP contribution is 2.62. The molecule has 7 aliphatic heterocycles. The molecule has 36 nitrogen and oxygen atoms in total. The van der Waals surface area contributed by atoms with Crippen molar-refractivity contribution in [1.29, 1.82) is 0 Å². The first-order valence-electron chi connectivity index (χ1n) is 27.5. The summed E-state index contributed by atoms with van der Waals surface area (Å²) in [6, 6.07) is 0. The fourth-order valence-corrected chi connectivity index (χ4v) is 17.0. The summed E-state index contributed by atoms with van der Waals surface area (Å²) >= 11 is 16.6. The van der Waals surface area contributed by atoms with Crippen molar-refractivity contribution >= 4 is 90.2 Å². The van der Waals surface area contributed by atoms with E-state index in [4.69, 9.17) is 108 Å². The Hall–Kier alpha value is -4.90. The predicted molar refractivity (Wildman–Crippen MR) is 307 cm³/mol. The minimum Gasteiger partial charge on any atom is -0.780 e. The van der Waals surface area contributed by atoms with Crippen molar-refractivity contribution < 1.29 is 79.8 Å². The molecule has 0 amide bonds. The monoisotopic (exact) mass is 1360 g/mol. The van der Waals surface area contributed by atoms with Gasteiger partial charge in [0.2, 0.25) is 5.95 Å². The van der Waals surface area contributed by atoms with Crippen molar-refractivity contribution in [3.63, 3.8) is 0 Å². The lowest BCUT2D eigenvalue weighted by molar-refractivity contribution is -0.239. The molecule has 7 saturated heterocycles. The van der Waals surface area contributed by atoms with Crippen molar-refractivity contribution in [3.8, 4) is 0 Å². The van der Waals surface area contributed by atoms with Crippen LogP contribution in [0, 0.1) is 13.8 Å². The number of ether oxygens (including phenoxy) is 7. The molecule has 7 unspecified atom stereocenters. The number of rotatable bonds is 20. The van der Waals surface area contributed by atoms with Crippen LogP contribution >= 0.6 is 20.2 Å². The van der Waals surface area contributed by atoms with Gasteiger partial charge in [-0.25, -0.2) is 29.5 Å². The quantitative estimate of drug-likeness (QED) is 0.0359. The van der Waals surface area contributed by atoms with E-state index in [1.165, 1.54) is 68.2 Å². The number of aliphatic hydroxyl groups is 1. The maximum Gasteiger partial charge on any atom is 0.330 e. The van der Waals surface area contributed by atoms with Crippen molar-refractivity contribution in [3.05, 3.63) is 94.5 Å². The van der Waals surface area contributed by atoms with E-state index in [0.717, 1.165) is 9.13 Å². The topological polar surface area (TPSA) is 472 Å². The van der Waals surface area contributed by atoms with Crippen LogP contribution in [0.5, 0.6) is 0 Å². The highest BCUT2D eigenvalue weighted by molar-refractivity contribution is 8.32. The number of hydrogen-bond acceptors (Lipinski definition) is 32. The number of imidazole rings is 2. The molecular weight excluding hydrogens is 1300 g/mol. The van der Waals surface area contributed by atoms with Crippen LogP contribution in [0.4, 0.5) is 11.8 Å². The van der Waals surface area contributed by atoms with Crippen LogP contribution < -0.4 is 49.3 Å². The van der Waals surface area contributed by atoms with E-state index in [-0.39, 0.29) is 51.6 Å². The first kappa shape index (κ1) is 62.9. The van der Waals surface area contributed by atoms with Gasteiger partial charge in [0.25, 0.3) is 16.7 Å². The van der Waals surface area contributed by atoms with Gasteiger partial charge in [-0.1, -0.05) is 30.5 Å². The molecule has 6 aromatic rings. The van der Waals surface area contributed by atoms with Crippen LogP contribution in [0.15, 0.2) is 55.3 Å². The summed E-state index contributed by atoms with van der Waals surface area (Å²) < 4.78 is 101. The van der Waals surface area contributed by atoms with Crippen LogP contribution in [0.3, 0.4) is 0 Å². The summed E-state index contributed by atoms with van der Waals surface area (Å²) in [5.74, 6) is -0.0785. The van der Waals surface area contributed by atoms with E-state index in [9.17, 15) is 38.9 Å². The van der Waals surface area contributed by atoms with Gasteiger partial charge in [-0.05, 0) is 41.0 Å². The van der Waals surface area contributed by atoms with Crippen molar-refractivity contribution in [2.45, 2.75) is 163 Å². The molecule has 89 heavy (non-hydrogen) atoms. The number of anilines is 2. The Morgan fingerprint density at radius 2 is 1.20 bits per heavy atom. The molecule has 7 fully saturated rings. The standard InChI is InChI=1S/C47H59N14O22P3S3/c1-7-22-23(8-24(77-22)60-15-53-26-35(60)54-42(49)55-38(26)65)81-84(68,87)72-12-46-20(5)75-28(40(79-46)58-9-17(2)36(63)56-43(58)66)31(46)83-86(70,89)73-13-47-21(6)76-29(41(80-47)59-10-18(3)37(64)57-44(59)67)32(47)82-85(69,88)71-11-45-19(4)74-27(30(45)62)39(78-45)61-16-52-25-33(48)50-14-51-34(25)61/h9-10,14-16,19-24,27-32,39-41,62H,7-8,11-13H2,1-6H3,(H,68,87)(H,69,88)(H,70,89)(H2,48,50,51)(H,56,63,66)(H,57,64,67)(H3,49,54,55,65)/p-3/t19-,20-,21-,22+,23?,24+,27-,28-,29-,30?,31?,32?,39+,40+,41+,45-,46-,47-,84?,85?,86?/m0/s1. The van der Waals surface area contributed by atoms with Crippen molar-refractivity contribution in [1.82, 2.24) is 58.1 Å². The number of nitrogens with one attached hydrogen (secondary N) is 3. The minimum atomic E-state index is -5.03. The van der Waals surface area contributed by atoms with Crippen LogP contribution in [-0.4, -0.2) is 167 Å². The number of H-pyrrole nitrogens is 3. The summed E-state index contributed by atoms with van der Waals surface area (Å²) in [7, 11) is 0. The number of aliphatic hydroxyl groups excluding tert-OH is 1. The number of nitrogens with zero attached hydrogens (tertiary/aromatic N) is 9. The number of fused-ring (bicyclic) bond motifs is 8. The zero-order chi connectivity index (χ0) is 63.4. The maximum absolute atomic E-state index is 15.0. The highest BCUT2D eigenvalue weighted by Gasteiger charge is 2.71. The van der Waals surface area contributed by atoms with E-state index in [0.29, 0.717) is 6.42 Å². The molecule has 42 heteroatoms. The van der Waals surface area contributed by atoms with Gasteiger partial charge in [-0.2, -0.15) is 4.98 Å².